The summed E-state index contributed by atoms with van der Waals surface area (Å²) in [4.78, 5) is 27.0. The molecule has 7 nitrogen and oxygen atoms in total. The Morgan fingerprint density at radius 3 is 2.67 bits per heavy atom. The molecule has 0 spiro atoms. The van der Waals surface area contributed by atoms with Crippen LogP contribution in [0.15, 0.2) is 24.3 Å². The Balaban J connectivity index is 1.86. The smallest absolute Gasteiger partial charge is 0.410 e. The van der Waals surface area contributed by atoms with Crippen LogP contribution in [0.25, 0.3) is 0 Å². The van der Waals surface area contributed by atoms with Crippen molar-refractivity contribution in [3.8, 4) is 5.75 Å². The van der Waals surface area contributed by atoms with Gasteiger partial charge in [0.15, 0.2) is 6.04 Å². The van der Waals surface area contributed by atoms with Gasteiger partial charge in [0.2, 0.25) is 0 Å². The van der Waals surface area contributed by atoms with Crippen molar-refractivity contribution < 1.29 is 24.0 Å². The zero-order valence-corrected chi connectivity index (χ0v) is 14.5. The summed E-state index contributed by atoms with van der Waals surface area (Å²) in [6.45, 7) is 6.74. The summed E-state index contributed by atoms with van der Waals surface area (Å²) in [6.07, 6.45) is -0.273. The lowest BCUT2D eigenvalue weighted by Gasteiger charge is -2.34. The second kappa shape index (κ2) is 8.54. The molecular weight excluding hydrogens is 310 g/mol. The third kappa shape index (κ3) is 4.61. The van der Waals surface area contributed by atoms with E-state index in [2.05, 4.69) is 5.32 Å². The van der Waals surface area contributed by atoms with E-state index in [-0.39, 0.29) is 18.0 Å². The molecule has 1 fully saturated rings. The molecule has 1 saturated heterocycles. The molecule has 1 aliphatic rings. The molecule has 0 unspecified atom stereocenters. The van der Waals surface area contributed by atoms with E-state index in [1.807, 2.05) is 25.1 Å². The number of rotatable bonds is 5. The van der Waals surface area contributed by atoms with Crippen molar-refractivity contribution in [3.05, 3.63) is 24.3 Å². The largest absolute Gasteiger partial charge is 0.497 e. The summed E-state index contributed by atoms with van der Waals surface area (Å²) in [7, 11) is 1.59. The van der Waals surface area contributed by atoms with Gasteiger partial charge in [-0.2, -0.15) is 0 Å². The van der Waals surface area contributed by atoms with E-state index in [1.54, 1.807) is 25.0 Å². The number of nitrogens with one attached hydrogen (secondary N) is 2. The lowest BCUT2D eigenvalue weighted by Crippen LogP contribution is -3.19. The molecule has 1 atom stereocenters. The van der Waals surface area contributed by atoms with E-state index in [4.69, 9.17) is 9.47 Å². The fourth-order valence-corrected chi connectivity index (χ4v) is 2.76. The van der Waals surface area contributed by atoms with Crippen molar-refractivity contribution in [3.63, 3.8) is 0 Å². The lowest BCUT2D eigenvalue weighted by molar-refractivity contribution is -0.917. The molecule has 132 valence electrons. The van der Waals surface area contributed by atoms with Gasteiger partial charge in [-0.15, -0.1) is 0 Å². The van der Waals surface area contributed by atoms with Gasteiger partial charge in [-0.1, -0.05) is 6.07 Å². The Labute approximate surface area is 142 Å². The van der Waals surface area contributed by atoms with Crippen molar-refractivity contribution >= 4 is 17.7 Å². The third-order valence-electron chi connectivity index (χ3n) is 4.27. The molecule has 24 heavy (non-hydrogen) atoms. The van der Waals surface area contributed by atoms with Crippen LogP contribution in [0.2, 0.25) is 0 Å². The van der Waals surface area contributed by atoms with Crippen LogP contribution in [0.4, 0.5) is 10.5 Å². The number of piperazine rings is 1. The Morgan fingerprint density at radius 1 is 1.33 bits per heavy atom. The average molecular weight is 336 g/mol. The lowest BCUT2D eigenvalue weighted by atomic mass is 10.2. The number of methoxy groups -OCH3 is 1. The quantitative estimate of drug-likeness (QED) is 0.815. The predicted octanol–water partition coefficient (Wildman–Crippen LogP) is 0.379. The second-order valence-corrected chi connectivity index (χ2v) is 5.79. The van der Waals surface area contributed by atoms with E-state index in [1.165, 1.54) is 0 Å². The number of hydrogen-bond acceptors (Lipinski definition) is 4. The SMILES string of the molecule is CCOC(=O)N1CC[NH+]([C@H](C)C(=O)Nc2cccc(OC)c2)CC1. The minimum Gasteiger partial charge on any atom is -0.497 e. The molecule has 2 amide bonds. The van der Waals surface area contributed by atoms with Crippen LogP contribution in [0.3, 0.4) is 0 Å². The van der Waals surface area contributed by atoms with E-state index in [9.17, 15) is 9.59 Å². The van der Waals surface area contributed by atoms with Gasteiger partial charge >= 0.3 is 6.09 Å². The molecule has 2 rings (SSSR count). The molecule has 0 bridgehead atoms. The summed E-state index contributed by atoms with van der Waals surface area (Å²) in [5.74, 6) is 0.665. The first-order chi connectivity index (χ1) is 11.5. The molecule has 1 heterocycles. The Morgan fingerprint density at radius 2 is 2.04 bits per heavy atom. The van der Waals surface area contributed by atoms with Crippen molar-refractivity contribution in [1.29, 1.82) is 0 Å². The van der Waals surface area contributed by atoms with Crippen molar-refractivity contribution in [1.82, 2.24) is 4.90 Å². The molecule has 0 saturated carbocycles. The predicted molar refractivity (Wildman–Crippen MR) is 90.4 cm³/mol. The maximum atomic E-state index is 12.5. The molecular formula is C17H26N3O4+. The summed E-state index contributed by atoms with van der Waals surface area (Å²) in [6, 6.07) is 7.10. The summed E-state index contributed by atoms with van der Waals surface area (Å²) >= 11 is 0. The minimum absolute atomic E-state index is 0.0390. The first-order valence-electron chi connectivity index (χ1n) is 8.26. The van der Waals surface area contributed by atoms with Crippen LogP contribution >= 0.6 is 0 Å². The van der Waals surface area contributed by atoms with Gasteiger partial charge in [-0.25, -0.2) is 4.79 Å². The van der Waals surface area contributed by atoms with E-state index >= 15 is 0 Å². The van der Waals surface area contributed by atoms with Crippen LogP contribution in [-0.4, -0.2) is 62.8 Å². The Hall–Kier alpha value is -2.28. The van der Waals surface area contributed by atoms with E-state index < -0.39 is 0 Å². The first-order valence-corrected chi connectivity index (χ1v) is 8.26. The number of carbonyl (C=O) groups excluding carboxylic acids is 2. The molecule has 7 heteroatoms. The highest BCUT2D eigenvalue weighted by molar-refractivity contribution is 5.93. The van der Waals surface area contributed by atoms with Gasteiger partial charge in [-0.3, -0.25) is 9.69 Å². The summed E-state index contributed by atoms with van der Waals surface area (Å²) in [5, 5.41) is 2.92. The second-order valence-electron chi connectivity index (χ2n) is 5.79. The van der Waals surface area contributed by atoms with Crippen molar-refractivity contribution in [2.24, 2.45) is 0 Å². The maximum Gasteiger partial charge on any atom is 0.410 e. The van der Waals surface area contributed by atoms with E-state index in [0.717, 1.165) is 23.7 Å². The molecule has 1 aliphatic heterocycles. The Kier molecular flexibility index (Phi) is 6.43. The number of hydrogen-bond donors (Lipinski definition) is 2. The van der Waals surface area contributed by atoms with Gasteiger partial charge in [0.1, 0.15) is 5.75 Å². The number of nitrogens with zero attached hydrogens (tertiary/aromatic N) is 1. The maximum absolute atomic E-state index is 12.5. The number of ether oxygens (including phenoxy) is 2. The molecule has 0 aliphatic carbocycles. The van der Waals surface area contributed by atoms with Gasteiger partial charge in [0.05, 0.1) is 39.9 Å². The van der Waals surface area contributed by atoms with Crippen LogP contribution in [0, 0.1) is 0 Å². The van der Waals surface area contributed by atoms with Gasteiger partial charge in [0, 0.05) is 11.8 Å². The van der Waals surface area contributed by atoms with Crippen LogP contribution in [-0.2, 0) is 9.53 Å². The zero-order chi connectivity index (χ0) is 17.5. The highest BCUT2D eigenvalue weighted by atomic mass is 16.6. The van der Waals surface area contributed by atoms with E-state index in [0.29, 0.717) is 25.4 Å². The van der Waals surface area contributed by atoms with Gasteiger partial charge in [-0.05, 0) is 26.0 Å². The molecule has 0 aromatic heterocycles. The monoisotopic (exact) mass is 336 g/mol. The highest BCUT2D eigenvalue weighted by Gasteiger charge is 2.31. The fraction of sp³-hybridized carbons (Fsp3) is 0.529. The molecule has 1 aromatic rings. The molecule has 0 radical (unpaired) electrons. The average Bonchev–Trinajstić information content (AvgIpc) is 2.61. The number of carbonyl (C=O) groups is 2. The normalized spacial score (nSPS) is 16.4. The summed E-state index contributed by atoms with van der Waals surface area (Å²) in [5.41, 5.74) is 0.718. The zero-order valence-electron chi connectivity index (χ0n) is 14.5. The number of benzene rings is 1. The van der Waals surface area contributed by atoms with Gasteiger partial charge < -0.3 is 19.7 Å². The van der Waals surface area contributed by atoms with Crippen LogP contribution < -0.4 is 15.0 Å². The first kappa shape index (κ1) is 18.1. The summed E-state index contributed by atoms with van der Waals surface area (Å²) < 4.78 is 10.2. The minimum atomic E-state index is -0.273. The fourth-order valence-electron chi connectivity index (χ4n) is 2.76. The number of anilines is 1. The standard InChI is InChI=1S/C17H25N3O4/c1-4-24-17(22)20-10-8-19(9-11-20)13(2)16(21)18-14-6-5-7-15(12-14)23-3/h5-7,12-13H,4,8-11H2,1-3H3,(H,18,21)/p+1/t13-/m1/s1. The highest BCUT2D eigenvalue weighted by Crippen LogP contribution is 2.16. The number of quaternary nitrogens is 1. The number of amides is 2. The van der Waals surface area contributed by atoms with Crippen molar-refractivity contribution in [2.75, 3.05) is 45.2 Å². The topological polar surface area (TPSA) is 72.3 Å². The van der Waals surface area contributed by atoms with Crippen molar-refractivity contribution in [2.45, 2.75) is 19.9 Å². The van der Waals surface area contributed by atoms with Crippen LogP contribution in [0.1, 0.15) is 13.8 Å². The molecule has 1 aromatic carbocycles. The third-order valence-corrected chi connectivity index (χ3v) is 4.27. The Bertz CT molecular complexity index is 571. The van der Waals surface area contributed by atoms with Crippen LogP contribution in [0.5, 0.6) is 5.75 Å². The van der Waals surface area contributed by atoms with Gasteiger partial charge in [0.25, 0.3) is 5.91 Å². The molecule has 2 N–H and O–H groups in total.